The Kier molecular flexibility index (Phi) is 12.3. The predicted octanol–water partition coefficient (Wildman–Crippen LogP) is 21.6. The van der Waals surface area contributed by atoms with Gasteiger partial charge in [0.1, 0.15) is 11.5 Å². The van der Waals surface area contributed by atoms with E-state index in [2.05, 4.69) is 284 Å². The lowest BCUT2D eigenvalue weighted by atomic mass is 9.87. The molecule has 0 radical (unpaired) electrons. The quantitative estimate of drug-likeness (QED) is 0.108. The number of fused-ring (bicyclic) bond motifs is 6. The third kappa shape index (κ3) is 8.21. The fourth-order valence-corrected chi connectivity index (χ4v) is 12.4. The molecule has 0 unspecified atom stereocenters. The summed E-state index contributed by atoms with van der Waals surface area (Å²) < 4.78 is 12.3. The van der Waals surface area contributed by atoms with Gasteiger partial charge in [-0.2, -0.15) is 0 Å². The largest absolute Gasteiger partial charge is 0.491 e. The van der Waals surface area contributed by atoms with Crippen LogP contribution in [0.1, 0.15) is 78.4 Å². The van der Waals surface area contributed by atoms with Crippen molar-refractivity contribution in [1.29, 1.82) is 0 Å². The van der Waals surface area contributed by atoms with Crippen LogP contribution in [0.2, 0.25) is 0 Å². The molecule has 0 atom stereocenters. The molecule has 0 amide bonds. The summed E-state index contributed by atoms with van der Waals surface area (Å²) in [7, 11) is 0. The van der Waals surface area contributed by atoms with Gasteiger partial charge in [-0.1, -0.05) is 161 Å². The van der Waals surface area contributed by atoms with Crippen LogP contribution in [0.25, 0.3) is 86.9 Å². The van der Waals surface area contributed by atoms with Crippen LogP contribution in [-0.2, 0) is 0 Å². The first-order valence-electron chi connectivity index (χ1n) is 27.8. The van der Waals surface area contributed by atoms with Gasteiger partial charge in [0.2, 0.25) is 0 Å². The van der Waals surface area contributed by atoms with Crippen LogP contribution in [0.15, 0.2) is 218 Å². The summed E-state index contributed by atoms with van der Waals surface area (Å²) in [5, 5.41) is 15.0. The maximum Gasteiger partial charge on any atom is 0.119 e. The number of anilines is 6. The van der Waals surface area contributed by atoms with E-state index >= 15 is 0 Å². The monoisotopic (exact) mass is 1010 g/mol. The number of hydrogen-bond donors (Lipinski definition) is 0. The molecule has 0 saturated heterocycles. The van der Waals surface area contributed by atoms with Crippen molar-refractivity contribution in [2.24, 2.45) is 0 Å². The topological polar surface area (TPSA) is 24.9 Å². The maximum atomic E-state index is 6.17. The van der Waals surface area contributed by atoms with E-state index in [0.717, 1.165) is 45.6 Å². The minimum absolute atomic E-state index is 0.0815. The van der Waals surface area contributed by atoms with Gasteiger partial charge in [0, 0.05) is 33.5 Å². The highest BCUT2D eigenvalue weighted by Crippen LogP contribution is 2.58. The molecule has 0 heterocycles. The molecule has 4 nitrogen and oxygen atoms in total. The zero-order valence-corrected chi connectivity index (χ0v) is 45.8. The van der Waals surface area contributed by atoms with E-state index in [1.807, 2.05) is 0 Å². The van der Waals surface area contributed by atoms with Crippen LogP contribution in [-0.4, -0.2) is 12.2 Å². The lowest BCUT2D eigenvalue weighted by molar-refractivity contribution is 0.242. The lowest BCUT2D eigenvalue weighted by Gasteiger charge is -2.27. The Labute approximate surface area is 458 Å². The molecule has 0 N–H and O–H groups in total. The van der Waals surface area contributed by atoms with Crippen molar-refractivity contribution >= 4 is 98.8 Å². The van der Waals surface area contributed by atoms with E-state index in [1.54, 1.807) is 0 Å². The predicted molar refractivity (Wildman–Crippen MR) is 334 cm³/mol. The summed E-state index contributed by atoms with van der Waals surface area (Å²) in [5.41, 5.74) is 14.2. The Hall–Kier alpha value is -8.86. The molecular weight excluding hydrogens is 949 g/mol. The van der Waals surface area contributed by atoms with Crippen molar-refractivity contribution in [3.8, 4) is 33.8 Å². The van der Waals surface area contributed by atoms with E-state index in [1.165, 1.54) is 98.0 Å². The summed E-state index contributed by atoms with van der Waals surface area (Å²) in [5.74, 6) is 2.57. The van der Waals surface area contributed by atoms with E-state index in [4.69, 9.17) is 9.47 Å². The summed E-state index contributed by atoms with van der Waals surface area (Å²) in [6, 6.07) is 81.2. The number of hydrogen-bond acceptors (Lipinski definition) is 4. The van der Waals surface area contributed by atoms with Gasteiger partial charge in [-0.25, -0.2) is 0 Å². The van der Waals surface area contributed by atoms with Crippen molar-refractivity contribution < 1.29 is 9.47 Å². The Morgan fingerprint density at radius 1 is 0.269 bits per heavy atom. The van der Waals surface area contributed by atoms with Gasteiger partial charge in [-0.15, -0.1) is 0 Å². The molecule has 13 rings (SSSR count). The zero-order valence-electron chi connectivity index (χ0n) is 45.8. The Morgan fingerprint density at radius 3 is 0.897 bits per heavy atom. The van der Waals surface area contributed by atoms with Crippen molar-refractivity contribution in [3.63, 3.8) is 0 Å². The van der Waals surface area contributed by atoms with Crippen molar-refractivity contribution in [3.05, 3.63) is 230 Å². The molecule has 382 valence electrons. The fraction of sp³-hybridized carbons (Fsp3) is 0.162. The van der Waals surface area contributed by atoms with Crippen molar-refractivity contribution in [1.82, 2.24) is 0 Å². The number of ether oxygens (including phenoxy) is 2. The first-order chi connectivity index (χ1) is 38.0. The van der Waals surface area contributed by atoms with Crippen LogP contribution in [0.4, 0.5) is 34.1 Å². The average molecular weight is 1010 g/mol. The molecule has 78 heavy (non-hydrogen) atoms. The average Bonchev–Trinajstić information content (AvgIpc) is 3.73. The van der Waals surface area contributed by atoms with Gasteiger partial charge in [-0.3, -0.25) is 0 Å². The second-order valence-electron chi connectivity index (χ2n) is 22.2. The van der Waals surface area contributed by atoms with Gasteiger partial charge in [0.15, 0.2) is 0 Å². The SMILES string of the molecule is CC(C)Oc1ccc(N(c2ccc(C(C)C)cc2)c2ccc3c4c(-c5ccccc5)c5c6ccc(N(c7ccc(OC(C)C)cc7)c7ccc(C(C)C)cc7)c7cccc(c5c(-c5ccccc5)c4c4cccc2c43)c76)cc1. The molecule has 4 heteroatoms. The highest BCUT2D eigenvalue weighted by molar-refractivity contribution is 6.47. The van der Waals surface area contributed by atoms with Crippen LogP contribution in [0, 0.1) is 0 Å². The molecule has 0 aliphatic carbocycles. The number of nitrogens with zero attached hydrogens (tertiary/aromatic N) is 2. The van der Waals surface area contributed by atoms with Gasteiger partial charge in [0.25, 0.3) is 0 Å². The maximum absolute atomic E-state index is 6.17. The zero-order chi connectivity index (χ0) is 53.3. The molecule has 0 aliphatic heterocycles. The second kappa shape index (κ2) is 19.6. The molecule has 0 bridgehead atoms. The van der Waals surface area contributed by atoms with Gasteiger partial charge in [0.05, 0.1) is 23.6 Å². The van der Waals surface area contributed by atoms with Crippen molar-refractivity contribution in [2.75, 3.05) is 9.80 Å². The third-order valence-electron chi connectivity index (χ3n) is 15.8. The first kappa shape index (κ1) is 48.8. The van der Waals surface area contributed by atoms with Crippen LogP contribution < -0.4 is 19.3 Å². The molecule has 0 aromatic heterocycles. The van der Waals surface area contributed by atoms with Gasteiger partial charge < -0.3 is 19.3 Å². The van der Waals surface area contributed by atoms with Gasteiger partial charge >= 0.3 is 0 Å². The van der Waals surface area contributed by atoms with Gasteiger partial charge in [-0.05, 0) is 212 Å². The Balaban J connectivity index is 1.12. The molecule has 13 aromatic carbocycles. The molecule has 0 saturated carbocycles. The molecule has 0 fully saturated rings. The summed E-state index contributed by atoms with van der Waals surface area (Å²) >= 11 is 0. The Morgan fingerprint density at radius 2 is 0.577 bits per heavy atom. The van der Waals surface area contributed by atoms with Crippen LogP contribution in [0.3, 0.4) is 0 Å². The van der Waals surface area contributed by atoms with Crippen molar-refractivity contribution in [2.45, 2.75) is 79.4 Å². The highest BCUT2D eigenvalue weighted by atomic mass is 16.5. The normalized spacial score (nSPS) is 12.1. The van der Waals surface area contributed by atoms with Crippen LogP contribution in [0.5, 0.6) is 11.5 Å². The summed E-state index contributed by atoms with van der Waals surface area (Å²) in [4.78, 5) is 4.85. The lowest BCUT2D eigenvalue weighted by Crippen LogP contribution is -2.11. The minimum atomic E-state index is 0.0815. The molecular formula is C74H64N2O2. The summed E-state index contributed by atoms with van der Waals surface area (Å²) in [6.45, 7) is 17.3. The molecule has 0 spiro atoms. The minimum Gasteiger partial charge on any atom is -0.491 e. The smallest absolute Gasteiger partial charge is 0.119 e. The first-order valence-corrected chi connectivity index (χ1v) is 27.8. The third-order valence-corrected chi connectivity index (χ3v) is 15.8. The molecule has 13 aromatic rings. The highest BCUT2D eigenvalue weighted by Gasteiger charge is 2.30. The second-order valence-corrected chi connectivity index (χ2v) is 22.2. The van der Waals surface area contributed by atoms with E-state index in [-0.39, 0.29) is 12.2 Å². The number of rotatable bonds is 14. The fourth-order valence-electron chi connectivity index (χ4n) is 12.4. The summed E-state index contributed by atoms with van der Waals surface area (Å²) in [6.07, 6.45) is 0.163. The van der Waals surface area contributed by atoms with E-state index in [0.29, 0.717) is 11.8 Å². The van der Waals surface area contributed by atoms with Crippen LogP contribution >= 0.6 is 0 Å². The standard InChI is InChI=1S/C74H64N2O2/c1-45(2)49-25-29-53(30-26-49)75(55-33-37-57(38-34-55)77-47(5)6)65-43-41-63-69-59(65)21-15-23-61(69)71-67(51-17-11-9-12-18-51)72-62-24-16-22-60-66(44-42-64(70(60)62)74(72)68(73(63)71)52-19-13-10-14-20-52)76(54-31-27-50(28-32-54)46(3)4)56-35-39-58(40-36-56)78-48(7)8/h9-48H,1-8H3. The number of benzene rings is 11. The van der Waals surface area contributed by atoms with E-state index < -0.39 is 0 Å². The Bertz CT molecular complexity index is 3940. The van der Waals surface area contributed by atoms with E-state index in [9.17, 15) is 0 Å². The molecule has 0 aliphatic rings.